The Morgan fingerprint density at radius 1 is 1.25 bits per heavy atom. The van der Waals surface area contributed by atoms with Crippen LogP contribution < -0.4 is 5.32 Å². The van der Waals surface area contributed by atoms with Crippen LogP contribution in [0.5, 0.6) is 0 Å². The third-order valence-corrected chi connectivity index (χ3v) is 4.34. The van der Waals surface area contributed by atoms with Gasteiger partial charge in [0.2, 0.25) is 5.91 Å². The van der Waals surface area contributed by atoms with Crippen molar-refractivity contribution in [2.45, 2.75) is 50.7 Å². The van der Waals surface area contributed by atoms with Gasteiger partial charge in [-0.3, -0.25) is 4.79 Å². The summed E-state index contributed by atoms with van der Waals surface area (Å²) < 4.78 is 0. The minimum absolute atomic E-state index is 0.0296. The monoisotopic (exact) mass is 285 g/mol. The van der Waals surface area contributed by atoms with E-state index in [1.807, 2.05) is 0 Å². The lowest BCUT2D eigenvalue weighted by Crippen LogP contribution is -2.50. The Kier molecular flexibility index (Phi) is 5.17. The first-order chi connectivity index (χ1) is 9.56. The summed E-state index contributed by atoms with van der Waals surface area (Å²) in [6.45, 7) is 1.86. The molecule has 1 saturated carbocycles. The molecule has 20 heavy (non-hydrogen) atoms. The molecule has 0 unspecified atom stereocenters. The minimum atomic E-state index is -0.745. The van der Waals surface area contributed by atoms with Gasteiger partial charge >= 0.3 is 0 Å². The van der Waals surface area contributed by atoms with Gasteiger partial charge in [0.15, 0.2) is 0 Å². The van der Waals surface area contributed by atoms with Crippen molar-refractivity contribution in [1.82, 2.24) is 10.2 Å². The average Bonchev–Trinajstić information content (AvgIpc) is 2.41. The van der Waals surface area contributed by atoms with Crippen molar-refractivity contribution < 1.29 is 14.7 Å². The number of nitrogens with zero attached hydrogens (tertiary/aromatic N) is 2. The molecule has 1 aliphatic carbocycles. The van der Waals surface area contributed by atoms with Crippen molar-refractivity contribution in [3.05, 3.63) is 10.1 Å². The van der Waals surface area contributed by atoms with E-state index in [4.69, 9.17) is 4.84 Å². The highest BCUT2D eigenvalue weighted by Crippen LogP contribution is 2.23. The molecule has 7 nitrogen and oxygen atoms in total. The Morgan fingerprint density at radius 2 is 1.90 bits per heavy atom. The molecule has 0 aromatic carbocycles. The Labute approximate surface area is 118 Å². The quantitative estimate of drug-likeness (QED) is 0.614. The first-order valence-electron chi connectivity index (χ1n) is 7.36. The second-order valence-corrected chi connectivity index (χ2v) is 5.84. The number of hydrogen-bond acceptors (Lipinski definition) is 5. The number of rotatable bonds is 4. The summed E-state index contributed by atoms with van der Waals surface area (Å²) in [5.74, 6) is 0.0614. The third-order valence-electron chi connectivity index (χ3n) is 4.34. The zero-order valence-corrected chi connectivity index (χ0v) is 11.9. The third kappa shape index (κ3) is 4.06. The van der Waals surface area contributed by atoms with Crippen LogP contribution in [0.25, 0.3) is 0 Å². The molecular weight excluding hydrogens is 262 g/mol. The molecule has 1 aliphatic heterocycles. The number of piperidine rings is 1. The van der Waals surface area contributed by atoms with Gasteiger partial charge in [-0.25, -0.2) is 0 Å². The SMILES string of the molecule is CN1CCC(C(=O)N[C@@H]2CCCC[C@H]2O[N+](=O)[O-])CC1. The first kappa shape index (κ1) is 15.0. The van der Waals surface area contributed by atoms with E-state index in [1.54, 1.807) is 0 Å². The molecule has 1 amide bonds. The van der Waals surface area contributed by atoms with Crippen LogP contribution in [0, 0.1) is 16.0 Å². The Balaban J connectivity index is 1.86. The maximum Gasteiger partial charge on any atom is 0.294 e. The normalized spacial score (nSPS) is 28.9. The van der Waals surface area contributed by atoms with Gasteiger partial charge in [-0.05, 0) is 45.8 Å². The summed E-state index contributed by atoms with van der Waals surface area (Å²) in [5, 5.41) is 12.7. The molecule has 7 heteroatoms. The Morgan fingerprint density at radius 3 is 2.55 bits per heavy atom. The molecule has 1 saturated heterocycles. The maximum atomic E-state index is 12.2. The van der Waals surface area contributed by atoms with Gasteiger partial charge in [0.05, 0.1) is 6.04 Å². The predicted molar refractivity (Wildman–Crippen MR) is 72.5 cm³/mol. The predicted octanol–water partition coefficient (Wildman–Crippen LogP) is 0.964. The Hall–Kier alpha value is -1.37. The molecule has 0 spiro atoms. The van der Waals surface area contributed by atoms with E-state index in [0.29, 0.717) is 6.42 Å². The lowest BCUT2D eigenvalue weighted by atomic mass is 9.90. The molecule has 2 atom stereocenters. The lowest BCUT2D eigenvalue weighted by molar-refractivity contribution is -0.770. The van der Waals surface area contributed by atoms with Crippen molar-refractivity contribution >= 4 is 5.91 Å². The van der Waals surface area contributed by atoms with E-state index in [0.717, 1.165) is 45.2 Å². The standard InChI is InChI=1S/C13H23N3O4/c1-15-8-6-10(7-9-15)13(17)14-11-4-2-3-5-12(11)20-16(18)19/h10-12H,2-9H2,1H3,(H,14,17)/t11-,12-/m1/s1. The van der Waals surface area contributed by atoms with Gasteiger partial charge in [0.25, 0.3) is 5.09 Å². The van der Waals surface area contributed by atoms with E-state index in [2.05, 4.69) is 17.3 Å². The number of likely N-dealkylation sites (tertiary alicyclic amines) is 1. The fourth-order valence-corrected chi connectivity index (χ4v) is 3.07. The number of nitrogens with one attached hydrogen (secondary N) is 1. The van der Waals surface area contributed by atoms with Crippen molar-refractivity contribution in [3.8, 4) is 0 Å². The highest BCUT2D eigenvalue weighted by molar-refractivity contribution is 5.79. The molecule has 2 rings (SSSR count). The average molecular weight is 285 g/mol. The molecule has 0 aromatic rings. The van der Waals surface area contributed by atoms with E-state index < -0.39 is 11.2 Å². The molecular formula is C13H23N3O4. The fraction of sp³-hybridized carbons (Fsp3) is 0.923. The smallest absolute Gasteiger partial charge is 0.294 e. The van der Waals surface area contributed by atoms with Gasteiger partial charge in [0, 0.05) is 5.92 Å². The van der Waals surface area contributed by atoms with Crippen LogP contribution in [-0.2, 0) is 9.63 Å². The van der Waals surface area contributed by atoms with Crippen LogP contribution >= 0.6 is 0 Å². The van der Waals surface area contributed by atoms with Crippen LogP contribution in [0.1, 0.15) is 38.5 Å². The Bertz CT molecular complexity index is 356. The van der Waals surface area contributed by atoms with Crippen LogP contribution in [-0.4, -0.2) is 48.2 Å². The minimum Gasteiger partial charge on any atom is -0.351 e. The second-order valence-electron chi connectivity index (χ2n) is 5.84. The number of amides is 1. The largest absolute Gasteiger partial charge is 0.351 e. The second kappa shape index (κ2) is 6.88. The zero-order valence-electron chi connectivity index (χ0n) is 11.9. The topological polar surface area (TPSA) is 84.7 Å². The summed E-state index contributed by atoms with van der Waals surface area (Å²) >= 11 is 0. The summed E-state index contributed by atoms with van der Waals surface area (Å²) in [4.78, 5) is 29.7. The zero-order chi connectivity index (χ0) is 14.5. The van der Waals surface area contributed by atoms with Gasteiger partial charge in [-0.1, -0.05) is 12.8 Å². The number of hydrogen-bond donors (Lipinski definition) is 1. The van der Waals surface area contributed by atoms with Gasteiger partial charge in [-0.15, -0.1) is 10.1 Å². The first-order valence-corrected chi connectivity index (χ1v) is 7.36. The van der Waals surface area contributed by atoms with Crippen LogP contribution in [0.3, 0.4) is 0 Å². The van der Waals surface area contributed by atoms with E-state index in [9.17, 15) is 14.9 Å². The van der Waals surface area contributed by atoms with Gasteiger partial charge in [-0.2, -0.15) is 0 Å². The summed E-state index contributed by atoms with van der Waals surface area (Å²) in [7, 11) is 2.05. The van der Waals surface area contributed by atoms with Crippen molar-refractivity contribution in [3.63, 3.8) is 0 Å². The van der Waals surface area contributed by atoms with Gasteiger partial charge < -0.3 is 15.1 Å². The van der Waals surface area contributed by atoms with E-state index in [1.165, 1.54) is 0 Å². The molecule has 0 bridgehead atoms. The van der Waals surface area contributed by atoms with Crippen LogP contribution in [0.15, 0.2) is 0 Å². The molecule has 0 radical (unpaired) electrons. The highest BCUT2D eigenvalue weighted by Gasteiger charge is 2.32. The molecule has 1 heterocycles. The summed E-state index contributed by atoms with van der Waals surface area (Å²) in [5.41, 5.74) is 0. The van der Waals surface area contributed by atoms with Crippen LogP contribution in [0.2, 0.25) is 0 Å². The summed E-state index contributed by atoms with van der Waals surface area (Å²) in [6, 6.07) is -0.221. The molecule has 114 valence electrons. The molecule has 2 fully saturated rings. The molecule has 1 N–H and O–H groups in total. The lowest BCUT2D eigenvalue weighted by Gasteiger charge is -2.33. The van der Waals surface area contributed by atoms with Crippen LogP contribution in [0.4, 0.5) is 0 Å². The molecule has 2 aliphatic rings. The summed E-state index contributed by atoms with van der Waals surface area (Å²) in [6.07, 6.45) is 4.52. The fourth-order valence-electron chi connectivity index (χ4n) is 3.07. The van der Waals surface area contributed by atoms with E-state index >= 15 is 0 Å². The van der Waals surface area contributed by atoms with E-state index in [-0.39, 0.29) is 17.9 Å². The van der Waals surface area contributed by atoms with Crippen molar-refractivity contribution in [1.29, 1.82) is 0 Å². The highest BCUT2D eigenvalue weighted by atomic mass is 17.0. The van der Waals surface area contributed by atoms with Crippen molar-refractivity contribution in [2.75, 3.05) is 20.1 Å². The molecule has 0 aromatic heterocycles. The number of carbonyl (C=O) groups excluding carboxylic acids is 1. The van der Waals surface area contributed by atoms with Gasteiger partial charge in [0.1, 0.15) is 6.10 Å². The maximum absolute atomic E-state index is 12.2. The number of carbonyl (C=O) groups is 1. The van der Waals surface area contributed by atoms with Crippen molar-refractivity contribution in [2.24, 2.45) is 5.92 Å².